The first-order chi connectivity index (χ1) is 9.60. The van der Waals surface area contributed by atoms with Crippen LogP contribution in [0.2, 0.25) is 0 Å². The molecule has 1 aliphatic heterocycles. The van der Waals surface area contributed by atoms with Gasteiger partial charge in [-0.2, -0.15) is 0 Å². The fourth-order valence-corrected chi connectivity index (χ4v) is 2.53. The van der Waals surface area contributed by atoms with Crippen LogP contribution in [0.3, 0.4) is 0 Å². The van der Waals surface area contributed by atoms with Gasteiger partial charge in [0, 0.05) is 16.5 Å². The summed E-state index contributed by atoms with van der Waals surface area (Å²) in [5.41, 5.74) is 2.16. The zero-order chi connectivity index (χ0) is 14.2. The van der Waals surface area contributed by atoms with Crippen molar-refractivity contribution in [1.82, 2.24) is 0 Å². The van der Waals surface area contributed by atoms with E-state index in [1.54, 1.807) is 7.11 Å². The van der Waals surface area contributed by atoms with E-state index < -0.39 is 0 Å². The number of rotatable bonds is 2. The molecule has 2 heteroatoms. The van der Waals surface area contributed by atoms with Gasteiger partial charge in [-0.15, -0.1) is 0 Å². The lowest BCUT2D eigenvalue weighted by Crippen LogP contribution is -2.21. The Balaban J connectivity index is 2.07. The van der Waals surface area contributed by atoms with E-state index in [1.165, 1.54) is 0 Å². The SMILES string of the molecule is COc1ccc2c(c1)C(C)(C)C=C(c1ccccc1)O2. The van der Waals surface area contributed by atoms with E-state index in [9.17, 15) is 0 Å². The summed E-state index contributed by atoms with van der Waals surface area (Å²) in [6.45, 7) is 4.38. The molecule has 0 saturated heterocycles. The van der Waals surface area contributed by atoms with Crippen molar-refractivity contribution in [3.05, 3.63) is 65.7 Å². The van der Waals surface area contributed by atoms with E-state index in [4.69, 9.17) is 9.47 Å². The van der Waals surface area contributed by atoms with Gasteiger partial charge in [0.05, 0.1) is 7.11 Å². The third-order valence-corrected chi connectivity index (χ3v) is 3.65. The molecule has 2 aromatic carbocycles. The Morgan fingerprint density at radius 3 is 2.45 bits per heavy atom. The highest BCUT2D eigenvalue weighted by atomic mass is 16.5. The number of benzene rings is 2. The second-order valence-electron chi connectivity index (χ2n) is 5.56. The molecule has 0 fully saturated rings. The van der Waals surface area contributed by atoms with Gasteiger partial charge in [0.2, 0.25) is 0 Å². The molecule has 2 nitrogen and oxygen atoms in total. The van der Waals surface area contributed by atoms with Crippen LogP contribution >= 0.6 is 0 Å². The molecular formula is C18H18O2. The van der Waals surface area contributed by atoms with Crippen molar-refractivity contribution in [1.29, 1.82) is 0 Å². The highest BCUT2D eigenvalue weighted by Gasteiger charge is 2.29. The van der Waals surface area contributed by atoms with Gasteiger partial charge in [-0.25, -0.2) is 0 Å². The van der Waals surface area contributed by atoms with Crippen LogP contribution in [0.4, 0.5) is 0 Å². The first kappa shape index (κ1) is 12.8. The molecule has 0 amide bonds. The summed E-state index contributed by atoms with van der Waals surface area (Å²) in [5, 5.41) is 0. The third-order valence-electron chi connectivity index (χ3n) is 3.65. The minimum Gasteiger partial charge on any atom is -0.497 e. The van der Waals surface area contributed by atoms with Gasteiger partial charge in [-0.3, -0.25) is 0 Å². The number of ether oxygens (including phenoxy) is 2. The Kier molecular flexibility index (Phi) is 3.01. The Bertz CT molecular complexity index is 654. The zero-order valence-corrected chi connectivity index (χ0v) is 12.0. The van der Waals surface area contributed by atoms with Crippen molar-refractivity contribution in [2.24, 2.45) is 0 Å². The molecule has 0 atom stereocenters. The van der Waals surface area contributed by atoms with Crippen LogP contribution in [0.25, 0.3) is 5.76 Å². The highest BCUT2D eigenvalue weighted by molar-refractivity contribution is 5.68. The van der Waals surface area contributed by atoms with E-state index in [-0.39, 0.29) is 5.41 Å². The normalized spacial score (nSPS) is 15.8. The summed E-state index contributed by atoms with van der Waals surface area (Å²) >= 11 is 0. The number of allylic oxidation sites excluding steroid dienone is 1. The molecule has 102 valence electrons. The molecular weight excluding hydrogens is 248 g/mol. The Morgan fingerprint density at radius 2 is 1.75 bits per heavy atom. The lowest BCUT2D eigenvalue weighted by atomic mass is 9.81. The molecule has 1 heterocycles. The quantitative estimate of drug-likeness (QED) is 0.801. The summed E-state index contributed by atoms with van der Waals surface area (Å²) in [6, 6.07) is 16.2. The summed E-state index contributed by atoms with van der Waals surface area (Å²) < 4.78 is 11.4. The van der Waals surface area contributed by atoms with Crippen molar-refractivity contribution >= 4 is 5.76 Å². The second-order valence-corrected chi connectivity index (χ2v) is 5.56. The van der Waals surface area contributed by atoms with Crippen LogP contribution in [0.5, 0.6) is 11.5 Å². The van der Waals surface area contributed by atoms with E-state index in [0.717, 1.165) is 28.4 Å². The number of methoxy groups -OCH3 is 1. The maximum Gasteiger partial charge on any atom is 0.131 e. The van der Waals surface area contributed by atoms with Crippen LogP contribution in [-0.4, -0.2) is 7.11 Å². The van der Waals surface area contributed by atoms with Crippen molar-refractivity contribution < 1.29 is 9.47 Å². The predicted molar refractivity (Wildman–Crippen MR) is 81.1 cm³/mol. The molecule has 2 aromatic rings. The zero-order valence-electron chi connectivity index (χ0n) is 12.0. The van der Waals surface area contributed by atoms with Crippen LogP contribution in [0.15, 0.2) is 54.6 Å². The predicted octanol–water partition coefficient (Wildman–Crippen LogP) is 4.41. The fraction of sp³-hybridized carbons (Fsp3) is 0.222. The van der Waals surface area contributed by atoms with Gasteiger partial charge in [-0.05, 0) is 24.3 Å². The van der Waals surface area contributed by atoms with Gasteiger partial charge >= 0.3 is 0 Å². The standard InChI is InChI=1S/C18H18O2/c1-18(2)12-17(13-7-5-4-6-8-13)20-16-10-9-14(19-3)11-15(16)18/h4-12H,1-3H3. The molecule has 0 aliphatic carbocycles. The second kappa shape index (κ2) is 4.71. The van der Waals surface area contributed by atoms with E-state index in [1.807, 2.05) is 36.4 Å². The Morgan fingerprint density at radius 1 is 1.00 bits per heavy atom. The lowest BCUT2D eigenvalue weighted by Gasteiger charge is -2.31. The summed E-state index contributed by atoms with van der Waals surface area (Å²) in [6.07, 6.45) is 2.17. The maximum atomic E-state index is 6.06. The minimum atomic E-state index is -0.0900. The van der Waals surface area contributed by atoms with Crippen molar-refractivity contribution in [2.75, 3.05) is 7.11 Å². The van der Waals surface area contributed by atoms with Crippen LogP contribution in [-0.2, 0) is 5.41 Å². The number of fused-ring (bicyclic) bond motifs is 1. The summed E-state index contributed by atoms with van der Waals surface area (Å²) in [5.74, 6) is 2.67. The molecule has 3 rings (SSSR count). The molecule has 20 heavy (non-hydrogen) atoms. The van der Waals surface area contributed by atoms with Gasteiger partial charge in [0.25, 0.3) is 0 Å². The van der Waals surface area contributed by atoms with E-state index in [2.05, 4.69) is 32.1 Å². The first-order valence-corrected chi connectivity index (χ1v) is 6.75. The molecule has 1 aliphatic rings. The van der Waals surface area contributed by atoms with Gasteiger partial charge in [-0.1, -0.05) is 44.2 Å². The lowest BCUT2D eigenvalue weighted by molar-refractivity contribution is 0.408. The van der Waals surface area contributed by atoms with E-state index in [0.29, 0.717) is 0 Å². The minimum absolute atomic E-state index is 0.0900. The number of hydrogen-bond acceptors (Lipinski definition) is 2. The smallest absolute Gasteiger partial charge is 0.131 e. The molecule has 0 spiro atoms. The fourth-order valence-electron chi connectivity index (χ4n) is 2.53. The molecule has 0 saturated carbocycles. The molecule has 0 bridgehead atoms. The summed E-state index contributed by atoms with van der Waals surface area (Å²) in [4.78, 5) is 0. The van der Waals surface area contributed by atoms with Crippen LogP contribution in [0.1, 0.15) is 25.0 Å². The van der Waals surface area contributed by atoms with Crippen molar-refractivity contribution in [3.8, 4) is 11.5 Å². The Hall–Kier alpha value is -2.22. The number of hydrogen-bond donors (Lipinski definition) is 0. The maximum absolute atomic E-state index is 6.06. The first-order valence-electron chi connectivity index (χ1n) is 6.75. The van der Waals surface area contributed by atoms with Crippen LogP contribution in [0, 0.1) is 0 Å². The van der Waals surface area contributed by atoms with Gasteiger partial charge in [0.15, 0.2) is 0 Å². The molecule has 0 unspecified atom stereocenters. The van der Waals surface area contributed by atoms with Gasteiger partial charge in [0.1, 0.15) is 17.3 Å². The topological polar surface area (TPSA) is 18.5 Å². The monoisotopic (exact) mass is 266 g/mol. The average Bonchev–Trinajstić information content (AvgIpc) is 2.47. The van der Waals surface area contributed by atoms with Crippen molar-refractivity contribution in [3.63, 3.8) is 0 Å². The molecule has 0 N–H and O–H groups in total. The molecule has 0 aromatic heterocycles. The average molecular weight is 266 g/mol. The third kappa shape index (κ3) is 2.18. The van der Waals surface area contributed by atoms with E-state index >= 15 is 0 Å². The highest BCUT2D eigenvalue weighted by Crippen LogP contribution is 2.42. The van der Waals surface area contributed by atoms with Crippen LogP contribution < -0.4 is 9.47 Å². The summed E-state index contributed by atoms with van der Waals surface area (Å²) in [7, 11) is 1.68. The Labute approximate surface area is 119 Å². The van der Waals surface area contributed by atoms with Gasteiger partial charge < -0.3 is 9.47 Å². The van der Waals surface area contributed by atoms with Crippen molar-refractivity contribution in [2.45, 2.75) is 19.3 Å². The largest absolute Gasteiger partial charge is 0.497 e. The molecule has 0 radical (unpaired) electrons.